The molecule has 1 amide bonds. The Morgan fingerprint density at radius 2 is 1.95 bits per heavy atom. The van der Waals surface area contributed by atoms with Crippen LogP contribution in [0.15, 0.2) is 61.3 Å². The van der Waals surface area contributed by atoms with E-state index in [2.05, 4.69) is 25.4 Å². The molecular weight excluding hydrogens is 501 g/mol. The molecule has 11 heteroatoms. The third-order valence-electron chi connectivity index (χ3n) is 6.69. The number of carbonyl (C=O) groups excluding carboxylic acids is 1. The normalized spacial score (nSPS) is 14.5. The lowest BCUT2D eigenvalue weighted by Crippen LogP contribution is -2.46. The molecule has 1 fully saturated rings. The standard InChI is InChI=1S/C28H26FN7O3/c1-17(28(37)36-8-10-38-11-9-36)39-24-13-18(19-14-33-35(2)15-19)12-23-25(24)27(32-16-31-23)34-22-6-5-21-20(26(22)29)4-3-7-30-21/h3-7,12-17H,8-11H2,1-2H3,(H,31,32,34). The summed E-state index contributed by atoms with van der Waals surface area (Å²) in [5.74, 6) is 0.155. The molecule has 4 heterocycles. The zero-order chi connectivity index (χ0) is 26.9. The molecule has 3 aromatic heterocycles. The monoisotopic (exact) mass is 527 g/mol. The maximum absolute atomic E-state index is 15.4. The van der Waals surface area contributed by atoms with Crippen LogP contribution in [-0.4, -0.2) is 67.9 Å². The Kier molecular flexibility index (Phi) is 6.49. The summed E-state index contributed by atoms with van der Waals surface area (Å²) in [5, 5.41) is 8.30. The van der Waals surface area contributed by atoms with E-state index in [0.29, 0.717) is 59.7 Å². The topological polar surface area (TPSA) is 107 Å². The number of rotatable bonds is 6. The molecule has 0 spiro atoms. The van der Waals surface area contributed by atoms with Gasteiger partial charge < -0.3 is 19.7 Å². The maximum atomic E-state index is 15.4. The van der Waals surface area contributed by atoms with E-state index in [1.54, 1.807) is 53.2 Å². The number of carbonyl (C=O) groups is 1. The number of ether oxygens (including phenoxy) is 2. The molecule has 0 radical (unpaired) electrons. The summed E-state index contributed by atoms with van der Waals surface area (Å²) in [7, 11) is 1.84. The zero-order valence-electron chi connectivity index (χ0n) is 21.5. The molecule has 0 saturated carbocycles. The van der Waals surface area contributed by atoms with Gasteiger partial charge in [-0.25, -0.2) is 14.4 Å². The molecule has 10 nitrogen and oxygen atoms in total. The van der Waals surface area contributed by atoms with Crippen LogP contribution in [0.25, 0.3) is 32.9 Å². The van der Waals surface area contributed by atoms with Crippen molar-refractivity contribution < 1.29 is 18.7 Å². The molecule has 0 bridgehead atoms. The van der Waals surface area contributed by atoms with Gasteiger partial charge in [0.2, 0.25) is 0 Å². The minimum Gasteiger partial charge on any atom is -0.480 e. The van der Waals surface area contributed by atoms with Crippen LogP contribution in [0.2, 0.25) is 0 Å². The predicted octanol–water partition coefficient (Wildman–Crippen LogP) is 4.09. The second-order valence-corrected chi connectivity index (χ2v) is 9.31. The summed E-state index contributed by atoms with van der Waals surface area (Å²) in [6, 6.07) is 10.4. The number of nitrogens with zero attached hydrogens (tertiary/aromatic N) is 6. The smallest absolute Gasteiger partial charge is 0.263 e. The number of hydrogen-bond donors (Lipinski definition) is 1. The number of amides is 1. The molecule has 2 aromatic carbocycles. The van der Waals surface area contributed by atoms with Crippen LogP contribution in [0.5, 0.6) is 5.75 Å². The van der Waals surface area contributed by atoms with Gasteiger partial charge in [0.1, 0.15) is 17.9 Å². The van der Waals surface area contributed by atoms with Crippen molar-refractivity contribution in [3.05, 3.63) is 67.1 Å². The van der Waals surface area contributed by atoms with Gasteiger partial charge in [-0.05, 0) is 48.9 Å². The summed E-state index contributed by atoms with van der Waals surface area (Å²) in [4.78, 5) is 28.0. The van der Waals surface area contributed by atoms with Crippen LogP contribution in [0, 0.1) is 5.82 Å². The number of morpholine rings is 1. The van der Waals surface area contributed by atoms with Crippen molar-refractivity contribution in [1.82, 2.24) is 29.6 Å². The lowest BCUT2D eigenvalue weighted by Gasteiger charge is -2.29. The average Bonchev–Trinajstić information content (AvgIpc) is 3.41. The van der Waals surface area contributed by atoms with Crippen LogP contribution in [0.4, 0.5) is 15.9 Å². The Morgan fingerprint density at radius 3 is 2.74 bits per heavy atom. The van der Waals surface area contributed by atoms with E-state index in [4.69, 9.17) is 9.47 Å². The van der Waals surface area contributed by atoms with Crippen molar-refractivity contribution >= 4 is 39.2 Å². The fourth-order valence-electron chi connectivity index (χ4n) is 4.70. The van der Waals surface area contributed by atoms with Gasteiger partial charge in [-0.3, -0.25) is 14.5 Å². The molecule has 39 heavy (non-hydrogen) atoms. The number of halogens is 1. The van der Waals surface area contributed by atoms with Crippen molar-refractivity contribution in [2.24, 2.45) is 7.05 Å². The summed E-state index contributed by atoms with van der Waals surface area (Å²) < 4.78 is 28.8. The van der Waals surface area contributed by atoms with Crippen LogP contribution >= 0.6 is 0 Å². The minimum absolute atomic E-state index is 0.141. The van der Waals surface area contributed by atoms with Crippen molar-refractivity contribution in [2.45, 2.75) is 13.0 Å². The van der Waals surface area contributed by atoms with Crippen molar-refractivity contribution in [3.63, 3.8) is 0 Å². The summed E-state index contributed by atoms with van der Waals surface area (Å²) >= 11 is 0. The van der Waals surface area contributed by atoms with Gasteiger partial charge in [-0.15, -0.1) is 0 Å². The molecular formula is C28H26FN7O3. The predicted molar refractivity (Wildman–Crippen MR) is 144 cm³/mol. The molecule has 1 aliphatic heterocycles. The number of aryl methyl sites for hydroxylation is 1. The zero-order valence-corrected chi connectivity index (χ0v) is 21.5. The Balaban J connectivity index is 1.43. The third-order valence-corrected chi connectivity index (χ3v) is 6.69. The maximum Gasteiger partial charge on any atom is 0.263 e. The lowest BCUT2D eigenvalue weighted by molar-refractivity contribution is -0.142. The van der Waals surface area contributed by atoms with E-state index in [1.165, 1.54) is 6.33 Å². The van der Waals surface area contributed by atoms with E-state index < -0.39 is 11.9 Å². The first-order chi connectivity index (χ1) is 19.0. The molecule has 1 N–H and O–H groups in total. The SMILES string of the molecule is CC(Oc1cc(-c2cnn(C)c2)cc2ncnc(Nc3ccc4ncccc4c3F)c12)C(=O)N1CCOCC1. The van der Waals surface area contributed by atoms with E-state index in [0.717, 1.165) is 11.1 Å². The van der Waals surface area contributed by atoms with E-state index in [9.17, 15) is 4.79 Å². The molecule has 198 valence electrons. The molecule has 6 rings (SSSR count). The lowest BCUT2D eigenvalue weighted by atomic mass is 10.1. The number of nitrogens with one attached hydrogen (secondary N) is 1. The second kappa shape index (κ2) is 10.3. The molecule has 5 aromatic rings. The number of benzene rings is 2. The highest BCUT2D eigenvalue weighted by Crippen LogP contribution is 2.37. The quantitative estimate of drug-likeness (QED) is 0.352. The number of aromatic nitrogens is 5. The summed E-state index contributed by atoms with van der Waals surface area (Å²) in [6.07, 6.45) is 5.87. The van der Waals surface area contributed by atoms with Gasteiger partial charge in [0.25, 0.3) is 5.91 Å². The Labute approximate surface area is 223 Å². The highest BCUT2D eigenvalue weighted by Gasteiger charge is 2.26. The van der Waals surface area contributed by atoms with Crippen LogP contribution < -0.4 is 10.1 Å². The van der Waals surface area contributed by atoms with Crippen LogP contribution in [0.3, 0.4) is 0 Å². The third kappa shape index (κ3) is 4.84. The van der Waals surface area contributed by atoms with Gasteiger partial charge in [-0.1, -0.05) is 0 Å². The van der Waals surface area contributed by atoms with Crippen LogP contribution in [0.1, 0.15) is 6.92 Å². The molecule has 1 aliphatic rings. The van der Waals surface area contributed by atoms with Crippen molar-refractivity contribution in [1.29, 1.82) is 0 Å². The first-order valence-corrected chi connectivity index (χ1v) is 12.6. The van der Waals surface area contributed by atoms with E-state index in [-0.39, 0.29) is 11.6 Å². The Hall–Kier alpha value is -4.64. The Bertz CT molecular complexity index is 1680. The largest absolute Gasteiger partial charge is 0.480 e. The summed E-state index contributed by atoms with van der Waals surface area (Å²) in [5.41, 5.74) is 3.02. The summed E-state index contributed by atoms with van der Waals surface area (Å²) in [6.45, 7) is 3.72. The van der Waals surface area contributed by atoms with Gasteiger partial charge in [-0.2, -0.15) is 5.10 Å². The molecule has 0 aliphatic carbocycles. The minimum atomic E-state index is -0.785. The average molecular weight is 528 g/mol. The van der Waals surface area contributed by atoms with Crippen molar-refractivity contribution in [2.75, 3.05) is 31.6 Å². The fourth-order valence-corrected chi connectivity index (χ4v) is 4.70. The second-order valence-electron chi connectivity index (χ2n) is 9.31. The van der Waals surface area contributed by atoms with Crippen LogP contribution in [-0.2, 0) is 16.6 Å². The highest BCUT2D eigenvalue weighted by atomic mass is 19.1. The molecule has 1 unspecified atom stereocenters. The number of anilines is 2. The van der Waals surface area contributed by atoms with Gasteiger partial charge in [0, 0.05) is 43.5 Å². The fraction of sp³-hybridized carbons (Fsp3) is 0.250. The highest BCUT2D eigenvalue weighted by molar-refractivity contribution is 5.99. The number of fused-ring (bicyclic) bond motifs is 2. The van der Waals surface area contributed by atoms with E-state index in [1.807, 2.05) is 25.4 Å². The number of hydrogen-bond acceptors (Lipinski definition) is 8. The number of pyridine rings is 1. The van der Waals surface area contributed by atoms with Gasteiger partial charge in [0.05, 0.1) is 41.5 Å². The van der Waals surface area contributed by atoms with Gasteiger partial charge >= 0.3 is 0 Å². The van der Waals surface area contributed by atoms with E-state index >= 15 is 4.39 Å². The molecule has 1 saturated heterocycles. The first kappa shape index (κ1) is 24.7. The first-order valence-electron chi connectivity index (χ1n) is 12.6. The van der Waals surface area contributed by atoms with Crippen molar-refractivity contribution in [3.8, 4) is 16.9 Å². The molecule has 1 atom stereocenters. The van der Waals surface area contributed by atoms with Gasteiger partial charge in [0.15, 0.2) is 11.9 Å². The Morgan fingerprint density at radius 1 is 1.10 bits per heavy atom.